The van der Waals surface area contributed by atoms with E-state index in [4.69, 9.17) is 0 Å². The van der Waals surface area contributed by atoms with E-state index in [1.807, 2.05) is 20.9 Å². The van der Waals surface area contributed by atoms with Crippen molar-refractivity contribution < 1.29 is 0 Å². The second-order valence-corrected chi connectivity index (χ2v) is 3.96. The zero-order valence-corrected chi connectivity index (χ0v) is 10.6. The molecule has 0 aliphatic heterocycles. The molecule has 0 aliphatic rings. The van der Waals surface area contributed by atoms with Gasteiger partial charge in [0.15, 0.2) is 5.13 Å². The summed E-state index contributed by atoms with van der Waals surface area (Å²) in [4.78, 5) is 4.41. The fourth-order valence-corrected chi connectivity index (χ4v) is 2.18. The smallest absolute Gasteiger partial charge is 0.183 e. The van der Waals surface area contributed by atoms with Crippen LogP contribution in [-0.2, 0) is 6.42 Å². The molecular weight excluding hydrogens is 204 g/mol. The van der Waals surface area contributed by atoms with Crippen LogP contribution < -0.4 is 5.32 Å². The topological polar surface area (TPSA) is 24.9 Å². The number of hydrogen-bond donors (Lipinski definition) is 1. The average Bonchev–Trinajstić information content (AvgIpc) is 2.73. The van der Waals surface area contributed by atoms with Crippen molar-refractivity contribution in [2.24, 2.45) is 0 Å². The summed E-state index contributed by atoms with van der Waals surface area (Å²) in [5.74, 6) is 0. The number of benzene rings is 1. The van der Waals surface area contributed by atoms with Crippen LogP contribution in [0.5, 0.6) is 0 Å². The van der Waals surface area contributed by atoms with Gasteiger partial charge in [0.25, 0.3) is 0 Å². The van der Waals surface area contributed by atoms with Gasteiger partial charge in [-0.15, -0.1) is 0 Å². The first-order valence-electron chi connectivity index (χ1n) is 5.40. The molecule has 2 aromatic rings. The van der Waals surface area contributed by atoms with Crippen LogP contribution in [-0.4, -0.2) is 12.0 Å². The molecule has 1 N–H and O–H groups in total. The Balaban J connectivity index is 0.000000531. The lowest BCUT2D eigenvalue weighted by Gasteiger charge is -1.93. The average molecular weight is 222 g/mol. The normalized spacial score (nSPS) is 9.60. The van der Waals surface area contributed by atoms with E-state index in [0.29, 0.717) is 0 Å². The zero-order valence-electron chi connectivity index (χ0n) is 9.79. The quantitative estimate of drug-likeness (QED) is 0.833. The molecule has 0 unspecified atom stereocenters. The minimum Gasteiger partial charge on any atom is -0.365 e. The lowest BCUT2D eigenvalue weighted by Crippen LogP contribution is -1.83. The third kappa shape index (κ3) is 2.69. The van der Waals surface area contributed by atoms with Crippen molar-refractivity contribution in [2.75, 3.05) is 12.4 Å². The standard InChI is InChI=1S/C10H12N2S.C2H6/c1-3-7-4-5-8-9(6-7)13-10(11-2)12-8;1-2/h4-6H,3H2,1-2H3,(H,11,12);1-2H3. The number of nitrogens with zero attached hydrogens (tertiary/aromatic N) is 1. The molecule has 0 aliphatic carbocycles. The Hall–Kier alpha value is -1.09. The number of thiazole rings is 1. The van der Waals surface area contributed by atoms with E-state index in [0.717, 1.165) is 17.1 Å². The fraction of sp³-hybridized carbons (Fsp3) is 0.417. The summed E-state index contributed by atoms with van der Waals surface area (Å²) >= 11 is 1.70. The first-order chi connectivity index (χ1) is 7.33. The summed E-state index contributed by atoms with van der Waals surface area (Å²) in [7, 11) is 1.90. The van der Waals surface area contributed by atoms with E-state index >= 15 is 0 Å². The molecular formula is C12H18N2S. The summed E-state index contributed by atoms with van der Waals surface area (Å²) in [6.45, 7) is 6.17. The molecule has 1 heterocycles. The van der Waals surface area contributed by atoms with Gasteiger partial charge in [0.2, 0.25) is 0 Å². The molecule has 2 nitrogen and oxygen atoms in total. The van der Waals surface area contributed by atoms with Gasteiger partial charge >= 0.3 is 0 Å². The molecule has 3 heteroatoms. The number of aromatic nitrogens is 1. The van der Waals surface area contributed by atoms with E-state index < -0.39 is 0 Å². The van der Waals surface area contributed by atoms with E-state index in [-0.39, 0.29) is 0 Å². The minimum absolute atomic E-state index is 0.989. The fourth-order valence-electron chi connectivity index (χ4n) is 1.30. The van der Waals surface area contributed by atoms with Crippen molar-refractivity contribution in [3.05, 3.63) is 23.8 Å². The van der Waals surface area contributed by atoms with Crippen molar-refractivity contribution in [3.63, 3.8) is 0 Å². The Morgan fingerprint density at radius 3 is 2.67 bits per heavy atom. The van der Waals surface area contributed by atoms with Gasteiger partial charge in [0.1, 0.15) is 0 Å². The SMILES string of the molecule is CC.CCc1ccc2nc(NC)sc2c1. The van der Waals surface area contributed by atoms with Gasteiger partial charge in [-0.1, -0.05) is 38.2 Å². The zero-order chi connectivity index (χ0) is 11.3. The molecule has 0 bridgehead atoms. The predicted octanol–water partition coefficient (Wildman–Crippen LogP) is 3.93. The molecule has 0 fully saturated rings. The first-order valence-corrected chi connectivity index (χ1v) is 6.22. The number of anilines is 1. The van der Waals surface area contributed by atoms with Gasteiger partial charge in [-0.2, -0.15) is 0 Å². The van der Waals surface area contributed by atoms with Crippen molar-refractivity contribution in [1.82, 2.24) is 4.98 Å². The number of nitrogens with one attached hydrogen (secondary N) is 1. The lowest BCUT2D eigenvalue weighted by atomic mass is 10.2. The Bertz CT molecular complexity index is 418. The highest BCUT2D eigenvalue weighted by atomic mass is 32.1. The maximum absolute atomic E-state index is 4.41. The van der Waals surface area contributed by atoms with Gasteiger partial charge in [-0.3, -0.25) is 0 Å². The number of fused-ring (bicyclic) bond motifs is 1. The minimum atomic E-state index is 0.989. The highest BCUT2D eigenvalue weighted by Gasteiger charge is 2.01. The Labute approximate surface area is 95.4 Å². The molecule has 0 atom stereocenters. The van der Waals surface area contributed by atoms with E-state index in [1.54, 1.807) is 11.3 Å². The molecule has 1 aromatic carbocycles. The molecule has 0 spiro atoms. The maximum Gasteiger partial charge on any atom is 0.183 e. The van der Waals surface area contributed by atoms with Gasteiger partial charge in [-0.05, 0) is 24.1 Å². The molecule has 15 heavy (non-hydrogen) atoms. The summed E-state index contributed by atoms with van der Waals surface area (Å²) in [5.41, 5.74) is 2.46. The highest BCUT2D eigenvalue weighted by Crippen LogP contribution is 2.26. The molecule has 2 rings (SSSR count). The summed E-state index contributed by atoms with van der Waals surface area (Å²) in [5, 5.41) is 4.05. The Morgan fingerprint density at radius 1 is 1.33 bits per heavy atom. The van der Waals surface area contributed by atoms with Gasteiger partial charge in [0, 0.05) is 7.05 Å². The largest absolute Gasteiger partial charge is 0.365 e. The maximum atomic E-state index is 4.41. The van der Waals surface area contributed by atoms with Crippen LogP contribution in [0.4, 0.5) is 5.13 Å². The van der Waals surface area contributed by atoms with Crippen LogP contribution in [0.3, 0.4) is 0 Å². The third-order valence-electron chi connectivity index (χ3n) is 2.07. The summed E-state index contributed by atoms with van der Waals surface area (Å²) in [6.07, 6.45) is 1.09. The van der Waals surface area contributed by atoms with Crippen LogP contribution >= 0.6 is 11.3 Å². The van der Waals surface area contributed by atoms with Crippen molar-refractivity contribution in [1.29, 1.82) is 0 Å². The van der Waals surface area contributed by atoms with Gasteiger partial charge < -0.3 is 5.32 Å². The van der Waals surface area contributed by atoms with Crippen molar-refractivity contribution in [2.45, 2.75) is 27.2 Å². The van der Waals surface area contributed by atoms with Crippen molar-refractivity contribution >= 4 is 26.7 Å². The molecule has 0 saturated carbocycles. The summed E-state index contributed by atoms with van der Waals surface area (Å²) in [6, 6.07) is 6.45. The van der Waals surface area contributed by atoms with Crippen LogP contribution in [0.15, 0.2) is 18.2 Å². The molecule has 0 amide bonds. The highest BCUT2D eigenvalue weighted by molar-refractivity contribution is 7.22. The number of aryl methyl sites for hydroxylation is 1. The number of hydrogen-bond acceptors (Lipinski definition) is 3. The molecule has 82 valence electrons. The second-order valence-electron chi connectivity index (χ2n) is 2.92. The first kappa shape index (κ1) is 12.0. The van der Waals surface area contributed by atoms with Crippen LogP contribution in [0.2, 0.25) is 0 Å². The van der Waals surface area contributed by atoms with Crippen LogP contribution in [0.1, 0.15) is 26.3 Å². The predicted molar refractivity (Wildman–Crippen MR) is 69.9 cm³/mol. The molecule has 1 aromatic heterocycles. The van der Waals surface area contributed by atoms with Crippen LogP contribution in [0, 0.1) is 0 Å². The van der Waals surface area contributed by atoms with E-state index in [2.05, 4.69) is 35.4 Å². The lowest BCUT2D eigenvalue weighted by molar-refractivity contribution is 1.15. The van der Waals surface area contributed by atoms with Crippen molar-refractivity contribution in [3.8, 4) is 0 Å². The summed E-state index contributed by atoms with van der Waals surface area (Å²) < 4.78 is 1.27. The van der Waals surface area contributed by atoms with E-state index in [1.165, 1.54) is 10.3 Å². The van der Waals surface area contributed by atoms with Gasteiger partial charge in [0.05, 0.1) is 10.2 Å². The molecule has 0 saturated heterocycles. The monoisotopic (exact) mass is 222 g/mol. The Kier molecular flexibility index (Phi) is 4.56. The Morgan fingerprint density at radius 2 is 2.07 bits per heavy atom. The third-order valence-corrected chi connectivity index (χ3v) is 3.11. The van der Waals surface area contributed by atoms with Crippen LogP contribution in [0.25, 0.3) is 10.2 Å². The molecule has 0 radical (unpaired) electrons. The number of rotatable bonds is 2. The second kappa shape index (κ2) is 5.71. The van der Waals surface area contributed by atoms with Gasteiger partial charge in [-0.25, -0.2) is 4.98 Å². The van der Waals surface area contributed by atoms with E-state index in [9.17, 15) is 0 Å².